The van der Waals surface area contributed by atoms with E-state index in [0.29, 0.717) is 24.2 Å². The summed E-state index contributed by atoms with van der Waals surface area (Å²) in [6.45, 7) is 1.97. The maximum absolute atomic E-state index is 13.3. The van der Waals surface area contributed by atoms with Gasteiger partial charge in [-0.25, -0.2) is 4.79 Å². The normalized spacial score (nSPS) is 22.5. The summed E-state index contributed by atoms with van der Waals surface area (Å²) < 4.78 is 0. The molecule has 0 saturated carbocycles. The molecule has 3 aliphatic rings. The van der Waals surface area contributed by atoms with Gasteiger partial charge in [-0.1, -0.05) is 30.3 Å². The first kappa shape index (κ1) is 20.4. The van der Waals surface area contributed by atoms with Crippen molar-refractivity contribution >= 4 is 29.3 Å². The van der Waals surface area contributed by atoms with Gasteiger partial charge in [0.2, 0.25) is 5.91 Å². The van der Waals surface area contributed by atoms with Gasteiger partial charge in [-0.15, -0.1) is 0 Å². The Morgan fingerprint density at radius 1 is 1.00 bits per heavy atom. The van der Waals surface area contributed by atoms with Crippen LogP contribution in [-0.2, 0) is 28.0 Å². The lowest BCUT2D eigenvalue weighted by Gasteiger charge is -2.23. The molecule has 1 aliphatic carbocycles. The molecule has 2 aromatic rings. The molecule has 7 heteroatoms. The SMILES string of the molecule is C[C@]1(c2ccc3c(c2)CCC3)NC(=O)N(CC(=O)c2cccc(N3CCCC3=O)c2)C1=O. The molecule has 164 valence electrons. The minimum atomic E-state index is -1.20. The van der Waals surface area contributed by atoms with Crippen molar-refractivity contribution in [1.29, 1.82) is 0 Å². The number of nitrogens with one attached hydrogen (secondary N) is 1. The maximum atomic E-state index is 13.3. The Labute approximate surface area is 186 Å². The fourth-order valence-corrected chi connectivity index (χ4v) is 4.92. The van der Waals surface area contributed by atoms with Crippen LogP contribution >= 0.6 is 0 Å². The van der Waals surface area contributed by atoms with Crippen molar-refractivity contribution in [3.05, 3.63) is 64.7 Å². The first-order chi connectivity index (χ1) is 15.4. The number of rotatable bonds is 5. The first-order valence-electron chi connectivity index (χ1n) is 11.1. The van der Waals surface area contributed by atoms with Crippen molar-refractivity contribution in [3.63, 3.8) is 0 Å². The second-order valence-corrected chi connectivity index (χ2v) is 8.91. The summed E-state index contributed by atoms with van der Waals surface area (Å²) in [7, 11) is 0. The lowest BCUT2D eigenvalue weighted by Crippen LogP contribution is -2.41. The number of Topliss-reactive ketones (excluding diaryl/α,β-unsaturated/α-hetero) is 1. The molecular formula is C25H25N3O4. The number of hydrogen-bond donors (Lipinski definition) is 1. The topological polar surface area (TPSA) is 86.8 Å². The second-order valence-electron chi connectivity index (χ2n) is 8.91. The van der Waals surface area contributed by atoms with Crippen molar-refractivity contribution in [2.75, 3.05) is 18.0 Å². The van der Waals surface area contributed by atoms with Gasteiger partial charge in [0.15, 0.2) is 5.78 Å². The van der Waals surface area contributed by atoms with Gasteiger partial charge < -0.3 is 10.2 Å². The molecule has 5 rings (SSSR count). The Balaban J connectivity index is 1.36. The van der Waals surface area contributed by atoms with E-state index < -0.39 is 17.5 Å². The zero-order valence-electron chi connectivity index (χ0n) is 18.0. The molecule has 2 aliphatic heterocycles. The van der Waals surface area contributed by atoms with E-state index in [1.54, 1.807) is 36.1 Å². The number of urea groups is 1. The average Bonchev–Trinajstić information content (AvgIpc) is 3.49. The fraction of sp³-hybridized carbons (Fsp3) is 0.360. The first-order valence-corrected chi connectivity index (χ1v) is 11.1. The Morgan fingerprint density at radius 2 is 1.81 bits per heavy atom. The molecule has 0 spiro atoms. The summed E-state index contributed by atoms with van der Waals surface area (Å²) in [5.74, 6) is -0.742. The number of amides is 4. The summed E-state index contributed by atoms with van der Waals surface area (Å²) in [6, 6.07) is 12.2. The number of anilines is 1. The minimum Gasteiger partial charge on any atom is -0.319 e. The van der Waals surface area contributed by atoms with E-state index in [-0.39, 0.29) is 18.2 Å². The van der Waals surface area contributed by atoms with E-state index in [1.807, 2.05) is 18.2 Å². The van der Waals surface area contributed by atoms with E-state index in [0.717, 1.165) is 36.1 Å². The van der Waals surface area contributed by atoms with Crippen LogP contribution in [0.5, 0.6) is 0 Å². The quantitative estimate of drug-likeness (QED) is 0.583. The highest BCUT2D eigenvalue weighted by atomic mass is 16.2. The van der Waals surface area contributed by atoms with Crippen molar-refractivity contribution in [2.24, 2.45) is 0 Å². The van der Waals surface area contributed by atoms with E-state index in [9.17, 15) is 19.2 Å². The Kier molecular flexibility index (Phi) is 4.84. The zero-order valence-corrected chi connectivity index (χ0v) is 18.0. The number of aryl methyl sites for hydroxylation is 2. The van der Waals surface area contributed by atoms with E-state index in [1.165, 1.54) is 11.1 Å². The molecular weight excluding hydrogens is 406 g/mol. The van der Waals surface area contributed by atoms with Gasteiger partial charge in [0.25, 0.3) is 5.91 Å². The van der Waals surface area contributed by atoms with Crippen LogP contribution in [0.15, 0.2) is 42.5 Å². The second kappa shape index (κ2) is 7.58. The van der Waals surface area contributed by atoms with Crippen LogP contribution in [0.3, 0.4) is 0 Å². The van der Waals surface area contributed by atoms with Crippen LogP contribution in [0.25, 0.3) is 0 Å². The van der Waals surface area contributed by atoms with Crippen LogP contribution < -0.4 is 10.2 Å². The van der Waals surface area contributed by atoms with Gasteiger partial charge in [-0.2, -0.15) is 0 Å². The number of carbonyl (C=O) groups excluding carboxylic acids is 4. The zero-order chi connectivity index (χ0) is 22.5. The van der Waals surface area contributed by atoms with Crippen LogP contribution in [0.1, 0.15) is 53.2 Å². The highest BCUT2D eigenvalue weighted by Crippen LogP contribution is 2.33. The van der Waals surface area contributed by atoms with Crippen LogP contribution in [-0.4, -0.2) is 41.6 Å². The Hall–Kier alpha value is -3.48. The number of imide groups is 1. The predicted molar refractivity (Wildman–Crippen MR) is 118 cm³/mol. The summed E-state index contributed by atoms with van der Waals surface area (Å²) in [5, 5.41) is 2.79. The number of ketones is 1. The molecule has 2 saturated heterocycles. The molecule has 0 unspecified atom stereocenters. The van der Waals surface area contributed by atoms with Gasteiger partial charge in [0.05, 0.1) is 6.54 Å². The molecule has 1 N–H and O–H groups in total. The molecule has 2 heterocycles. The Morgan fingerprint density at radius 3 is 2.59 bits per heavy atom. The standard InChI is InChI=1S/C25H25N3O4/c1-25(19-11-10-16-5-2-6-17(16)13-19)23(31)28(24(32)26-25)15-21(29)18-7-3-8-20(14-18)27-12-4-9-22(27)30/h3,7-8,10-11,13-14H,2,4-6,9,12,15H2,1H3,(H,26,32)/t25-/m1/s1. The van der Waals surface area contributed by atoms with Gasteiger partial charge in [-0.3, -0.25) is 19.3 Å². The fourth-order valence-electron chi connectivity index (χ4n) is 4.92. The van der Waals surface area contributed by atoms with Gasteiger partial charge in [0.1, 0.15) is 5.54 Å². The van der Waals surface area contributed by atoms with Crippen LogP contribution in [0.4, 0.5) is 10.5 Å². The molecule has 0 aromatic heterocycles. The molecule has 0 bridgehead atoms. The molecule has 4 amide bonds. The third kappa shape index (κ3) is 3.28. The molecule has 0 radical (unpaired) electrons. The highest BCUT2D eigenvalue weighted by Gasteiger charge is 2.49. The van der Waals surface area contributed by atoms with Gasteiger partial charge >= 0.3 is 6.03 Å². The summed E-state index contributed by atoms with van der Waals surface area (Å²) in [4.78, 5) is 53.6. The number of benzene rings is 2. The van der Waals surface area contributed by atoms with Gasteiger partial charge in [-0.05, 0) is 61.4 Å². The average molecular weight is 431 g/mol. The number of nitrogens with zero attached hydrogens (tertiary/aromatic N) is 2. The predicted octanol–water partition coefficient (Wildman–Crippen LogP) is 2.95. The van der Waals surface area contributed by atoms with E-state index >= 15 is 0 Å². The molecule has 1 atom stereocenters. The lowest BCUT2D eigenvalue weighted by molar-refractivity contribution is -0.130. The smallest absolute Gasteiger partial charge is 0.319 e. The largest absolute Gasteiger partial charge is 0.325 e. The maximum Gasteiger partial charge on any atom is 0.325 e. The molecule has 2 aromatic carbocycles. The molecule has 7 nitrogen and oxygen atoms in total. The van der Waals surface area contributed by atoms with E-state index in [2.05, 4.69) is 5.32 Å². The molecule has 2 fully saturated rings. The molecule has 32 heavy (non-hydrogen) atoms. The number of hydrogen-bond acceptors (Lipinski definition) is 4. The van der Waals surface area contributed by atoms with Crippen LogP contribution in [0, 0.1) is 0 Å². The van der Waals surface area contributed by atoms with Crippen LogP contribution in [0.2, 0.25) is 0 Å². The third-order valence-electron chi connectivity index (χ3n) is 6.81. The lowest BCUT2D eigenvalue weighted by atomic mass is 9.89. The monoisotopic (exact) mass is 431 g/mol. The highest BCUT2D eigenvalue weighted by molar-refractivity contribution is 6.11. The summed E-state index contributed by atoms with van der Waals surface area (Å²) in [5.41, 5.74) is 3.08. The number of fused-ring (bicyclic) bond motifs is 1. The van der Waals surface area contributed by atoms with E-state index in [4.69, 9.17) is 0 Å². The van der Waals surface area contributed by atoms with Crippen molar-refractivity contribution < 1.29 is 19.2 Å². The summed E-state index contributed by atoms with van der Waals surface area (Å²) >= 11 is 0. The minimum absolute atomic E-state index is 0.0359. The summed E-state index contributed by atoms with van der Waals surface area (Å²) in [6.07, 6.45) is 4.40. The third-order valence-corrected chi connectivity index (χ3v) is 6.81. The van der Waals surface area contributed by atoms with Crippen molar-refractivity contribution in [1.82, 2.24) is 10.2 Å². The number of carbonyl (C=O) groups is 4. The van der Waals surface area contributed by atoms with Crippen molar-refractivity contribution in [3.8, 4) is 0 Å². The Bertz CT molecular complexity index is 1160. The van der Waals surface area contributed by atoms with Crippen molar-refractivity contribution in [2.45, 2.75) is 44.6 Å². The van der Waals surface area contributed by atoms with Gasteiger partial charge in [0, 0.05) is 24.2 Å².